The molecule has 0 aromatic heterocycles. The molecule has 3 amide bonds. The molecule has 0 unspecified atom stereocenters. The highest BCUT2D eigenvalue weighted by Gasteiger charge is 2.35. The Kier molecular flexibility index (Phi) is 4.07. The molecule has 2 N–H and O–H groups in total. The standard InChI is InChI=1S/C15H14N2O5/c1-3-6-17-13(19)10-5-4-9(7-11(10)14(17)20)12(18)16-8(2)15(21)22/h3-5,7-8H,1,6H2,2H3,(H,16,18)(H,21,22)/t8-/m1/s1. The van der Waals surface area contributed by atoms with E-state index in [1.54, 1.807) is 0 Å². The first-order valence-electron chi connectivity index (χ1n) is 6.51. The summed E-state index contributed by atoms with van der Waals surface area (Å²) in [5.74, 6) is -2.73. The van der Waals surface area contributed by atoms with Gasteiger partial charge in [0.2, 0.25) is 0 Å². The molecule has 22 heavy (non-hydrogen) atoms. The number of imide groups is 1. The van der Waals surface area contributed by atoms with Gasteiger partial charge in [0.25, 0.3) is 17.7 Å². The molecule has 1 heterocycles. The SMILES string of the molecule is C=CCN1C(=O)c2ccc(C(=O)N[C@H](C)C(=O)O)cc2C1=O. The Hall–Kier alpha value is -2.96. The van der Waals surface area contributed by atoms with Gasteiger partial charge < -0.3 is 10.4 Å². The summed E-state index contributed by atoms with van der Waals surface area (Å²) in [6, 6.07) is 3.00. The third-order valence-corrected chi connectivity index (χ3v) is 3.26. The Morgan fingerprint density at radius 3 is 2.55 bits per heavy atom. The number of hydrogen-bond donors (Lipinski definition) is 2. The van der Waals surface area contributed by atoms with Gasteiger partial charge in [0.1, 0.15) is 6.04 Å². The molecule has 1 aliphatic heterocycles. The van der Waals surface area contributed by atoms with E-state index in [4.69, 9.17) is 5.11 Å². The van der Waals surface area contributed by atoms with Gasteiger partial charge in [-0.1, -0.05) is 6.08 Å². The summed E-state index contributed by atoms with van der Waals surface area (Å²) in [4.78, 5) is 47.9. The minimum atomic E-state index is -1.17. The van der Waals surface area contributed by atoms with Gasteiger partial charge in [-0.05, 0) is 25.1 Å². The number of hydrogen-bond acceptors (Lipinski definition) is 4. The molecule has 114 valence electrons. The van der Waals surface area contributed by atoms with Gasteiger partial charge in [0.15, 0.2) is 0 Å². The van der Waals surface area contributed by atoms with Crippen molar-refractivity contribution in [2.75, 3.05) is 6.54 Å². The molecule has 1 aromatic rings. The van der Waals surface area contributed by atoms with E-state index in [9.17, 15) is 19.2 Å². The number of amides is 3. The molecule has 0 bridgehead atoms. The van der Waals surface area contributed by atoms with Gasteiger partial charge in [-0.3, -0.25) is 24.1 Å². The van der Waals surface area contributed by atoms with Crippen molar-refractivity contribution in [2.45, 2.75) is 13.0 Å². The van der Waals surface area contributed by atoms with Gasteiger partial charge in [-0.2, -0.15) is 0 Å². The predicted octanol–water partition coefficient (Wildman–Crippen LogP) is 0.671. The molecule has 1 aliphatic rings. The van der Waals surface area contributed by atoms with Crippen molar-refractivity contribution in [3.05, 3.63) is 47.5 Å². The number of nitrogens with zero attached hydrogens (tertiary/aromatic N) is 1. The quantitative estimate of drug-likeness (QED) is 0.614. The number of nitrogens with one attached hydrogen (secondary N) is 1. The van der Waals surface area contributed by atoms with Crippen LogP contribution in [-0.4, -0.2) is 46.3 Å². The van der Waals surface area contributed by atoms with Gasteiger partial charge in [-0.15, -0.1) is 6.58 Å². The van der Waals surface area contributed by atoms with Crippen LogP contribution < -0.4 is 5.32 Å². The number of carbonyl (C=O) groups is 4. The van der Waals surface area contributed by atoms with E-state index in [1.807, 2.05) is 0 Å². The molecule has 0 saturated carbocycles. The van der Waals surface area contributed by atoms with Crippen LogP contribution >= 0.6 is 0 Å². The predicted molar refractivity (Wildman–Crippen MR) is 76.6 cm³/mol. The van der Waals surface area contributed by atoms with E-state index in [0.717, 1.165) is 4.90 Å². The summed E-state index contributed by atoms with van der Waals surface area (Å²) in [6.45, 7) is 4.90. The maximum absolute atomic E-state index is 12.1. The van der Waals surface area contributed by atoms with Crippen LogP contribution in [0.15, 0.2) is 30.9 Å². The normalized spacial score (nSPS) is 14.5. The fourth-order valence-electron chi connectivity index (χ4n) is 2.07. The average molecular weight is 302 g/mol. The second kappa shape index (κ2) is 5.80. The zero-order valence-corrected chi connectivity index (χ0v) is 11.8. The van der Waals surface area contributed by atoms with Crippen LogP contribution in [-0.2, 0) is 4.79 Å². The van der Waals surface area contributed by atoms with E-state index in [-0.39, 0.29) is 23.2 Å². The lowest BCUT2D eigenvalue weighted by Gasteiger charge is -2.10. The molecule has 0 saturated heterocycles. The lowest BCUT2D eigenvalue weighted by Crippen LogP contribution is -2.38. The molecule has 0 fully saturated rings. The Morgan fingerprint density at radius 1 is 1.32 bits per heavy atom. The zero-order chi connectivity index (χ0) is 16.4. The summed E-state index contributed by atoms with van der Waals surface area (Å²) in [5.41, 5.74) is 0.464. The first-order chi connectivity index (χ1) is 10.4. The Bertz CT molecular complexity index is 695. The van der Waals surface area contributed by atoms with Crippen molar-refractivity contribution in [1.29, 1.82) is 0 Å². The van der Waals surface area contributed by atoms with Crippen molar-refractivity contribution < 1.29 is 24.3 Å². The maximum atomic E-state index is 12.1. The average Bonchev–Trinajstić information content (AvgIpc) is 2.72. The van der Waals surface area contributed by atoms with Crippen molar-refractivity contribution in [1.82, 2.24) is 10.2 Å². The number of carboxylic acid groups (broad SMARTS) is 1. The molecule has 2 rings (SSSR count). The monoisotopic (exact) mass is 302 g/mol. The fraction of sp³-hybridized carbons (Fsp3) is 0.200. The second-order valence-corrected chi connectivity index (χ2v) is 4.80. The van der Waals surface area contributed by atoms with Crippen LogP contribution in [0.25, 0.3) is 0 Å². The summed E-state index contributed by atoms with van der Waals surface area (Å²) in [5, 5.41) is 11.1. The van der Waals surface area contributed by atoms with Crippen molar-refractivity contribution in [3.8, 4) is 0 Å². The summed E-state index contributed by atoms with van der Waals surface area (Å²) in [7, 11) is 0. The van der Waals surface area contributed by atoms with Crippen LogP contribution in [0.2, 0.25) is 0 Å². The van der Waals surface area contributed by atoms with Crippen molar-refractivity contribution in [2.24, 2.45) is 0 Å². The lowest BCUT2D eigenvalue weighted by molar-refractivity contribution is -0.138. The number of carbonyl (C=O) groups excluding carboxylic acids is 3. The van der Waals surface area contributed by atoms with Crippen molar-refractivity contribution in [3.63, 3.8) is 0 Å². The maximum Gasteiger partial charge on any atom is 0.325 e. The second-order valence-electron chi connectivity index (χ2n) is 4.80. The van der Waals surface area contributed by atoms with E-state index >= 15 is 0 Å². The van der Waals surface area contributed by atoms with E-state index in [1.165, 1.54) is 31.2 Å². The molecule has 0 aliphatic carbocycles. The minimum Gasteiger partial charge on any atom is -0.480 e. The molecule has 7 heteroatoms. The summed E-state index contributed by atoms with van der Waals surface area (Å²) in [6.07, 6.45) is 1.43. The molecule has 1 atom stereocenters. The first kappa shape index (κ1) is 15.4. The third-order valence-electron chi connectivity index (χ3n) is 3.26. The largest absolute Gasteiger partial charge is 0.480 e. The first-order valence-corrected chi connectivity index (χ1v) is 6.51. The van der Waals surface area contributed by atoms with E-state index in [0.29, 0.717) is 0 Å². The number of carboxylic acids is 1. The van der Waals surface area contributed by atoms with E-state index in [2.05, 4.69) is 11.9 Å². The van der Waals surface area contributed by atoms with Crippen LogP contribution in [0.4, 0.5) is 0 Å². The van der Waals surface area contributed by atoms with Gasteiger partial charge in [0, 0.05) is 12.1 Å². The van der Waals surface area contributed by atoms with Crippen LogP contribution in [0.1, 0.15) is 38.0 Å². The highest BCUT2D eigenvalue weighted by atomic mass is 16.4. The van der Waals surface area contributed by atoms with Crippen LogP contribution in [0.3, 0.4) is 0 Å². The topological polar surface area (TPSA) is 104 Å². The Balaban J connectivity index is 2.29. The summed E-state index contributed by atoms with van der Waals surface area (Å²) < 4.78 is 0. The molecule has 0 spiro atoms. The number of rotatable bonds is 5. The zero-order valence-electron chi connectivity index (χ0n) is 11.8. The molecular formula is C15H14N2O5. The minimum absolute atomic E-state index is 0.0872. The molecule has 1 aromatic carbocycles. The lowest BCUT2D eigenvalue weighted by atomic mass is 10.1. The third kappa shape index (κ3) is 2.60. The van der Waals surface area contributed by atoms with Gasteiger partial charge >= 0.3 is 5.97 Å². The summed E-state index contributed by atoms with van der Waals surface area (Å²) >= 11 is 0. The van der Waals surface area contributed by atoms with Crippen molar-refractivity contribution >= 4 is 23.7 Å². The number of aliphatic carboxylic acids is 1. The van der Waals surface area contributed by atoms with E-state index < -0.39 is 29.7 Å². The number of benzene rings is 1. The molecule has 0 radical (unpaired) electrons. The number of fused-ring (bicyclic) bond motifs is 1. The highest BCUT2D eigenvalue weighted by Crippen LogP contribution is 2.23. The highest BCUT2D eigenvalue weighted by molar-refractivity contribution is 6.22. The Morgan fingerprint density at radius 2 is 1.95 bits per heavy atom. The fourth-order valence-corrected chi connectivity index (χ4v) is 2.07. The molecular weight excluding hydrogens is 288 g/mol. The van der Waals surface area contributed by atoms with Crippen LogP contribution in [0.5, 0.6) is 0 Å². The van der Waals surface area contributed by atoms with Gasteiger partial charge in [0.05, 0.1) is 11.1 Å². The smallest absolute Gasteiger partial charge is 0.325 e. The van der Waals surface area contributed by atoms with Gasteiger partial charge in [-0.25, -0.2) is 0 Å². The Labute approximate surface area is 126 Å². The molecule has 7 nitrogen and oxygen atoms in total. The van der Waals surface area contributed by atoms with Crippen LogP contribution in [0, 0.1) is 0 Å².